The lowest BCUT2D eigenvalue weighted by Crippen LogP contribution is -2.46. The molecule has 0 saturated carbocycles. The number of hydrazine groups is 1. The molecule has 8 nitrogen and oxygen atoms in total. The van der Waals surface area contributed by atoms with E-state index in [9.17, 15) is 4.79 Å². The van der Waals surface area contributed by atoms with Crippen LogP contribution in [0, 0.1) is 0 Å². The van der Waals surface area contributed by atoms with E-state index in [2.05, 4.69) is 27.9 Å². The van der Waals surface area contributed by atoms with Crippen LogP contribution in [0.3, 0.4) is 0 Å². The maximum Gasteiger partial charge on any atom is 0.254 e. The molecule has 2 aromatic rings. The molecule has 2 heterocycles. The second-order valence-corrected chi connectivity index (χ2v) is 8.58. The van der Waals surface area contributed by atoms with E-state index in [1.54, 1.807) is 13.2 Å². The molecule has 2 saturated heterocycles. The van der Waals surface area contributed by atoms with Crippen LogP contribution < -0.4 is 25.1 Å². The van der Waals surface area contributed by atoms with Crippen molar-refractivity contribution in [1.29, 1.82) is 0 Å². The van der Waals surface area contributed by atoms with Gasteiger partial charge in [-0.2, -0.15) is 0 Å². The van der Waals surface area contributed by atoms with Crippen molar-refractivity contribution in [2.24, 2.45) is 0 Å². The molecule has 0 aliphatic carbocycles. The maximum atomic E-state index is 13.3. The van der Waals surface area contributed by atoms with Gasteiger partial charge in [0.25, 0.3) is 5.91 Å². The molecule has 0 radical (unpaired) electrons. The van der Waals surface area contributed by atoms with Crippen LogP contribution in [-0.2, 0) is 0 Å². The van der Waals surface area contributed by atoms with Gasteiger partial charge in [-0.1, -0.05) is 12.1 Å². The van der Waals surface area contributed by atoms with E-state index < -0.39 is 0 Å². The van der Waals surface area contributed by atoms with E-state index in [1.807, 2.05) is 43.0 Å². The molecule has 2 aromatic carbocycles. The summed E-state index contributed by atoms with van der Waals surface area (Å²) in [4.78, 5) is 17.7. The molecule has 184 valence electrons. The highest BCUT2D eigenvalue weighted by molar-refractivity contribution is 5.95. The number of methoxy groups -OCH3 is 1. The van der Waals surface area contributed by atoms with Crippen molar-refractivity contribution in [3.05, 3.63) is 53.6 Å². The largest absolute Gasteiger partial charge is 0.497 e. The third-order valence-corrected chi connectivity index (χ3v) is 6.45. The van der Waals surface area contributed by atoms with Crippen molar-refractivity contribution >= 4 is 5.91 Å². The summed E-state index contributed by atoms with van der Waals surface area (Å²) in [5.74, 6) is 2.20. The van der Waals surface area contributed by atoms with Crippen molar-refractivity contribution in [2.45, 2.75) is 38.9 Å². The Labute approximate surface area is 202 Å². The number of rotatable bonds is 8. The number of hydrogen-bond donors (Lipinski definition) is 2. The van der Waals surface area contributed by atoms with Gasteiger partial charge in [-0.3, -0.25) is 9.69 Å². The summed E-state index contributed by atoms with van der Waals surface area (Å²) in [5.41, 5.74) is 8.77. The van der Waals surface area contributed by atoms with E-state index >= 15 is 0 Å². The summed E-state index contributed by atoms with van der Waals surface area (Å²) in [7, 11) is 1.68. The average Bonchev–Trinajstić information content (AvgIpc) is 3.23. The molecule has 2 fully saturated rings. The fourth-order valence-corrected chi connectivity index (χ4v) is 4.65. The zero-order chi connectivity index (χ0) is 23.9. The Bertz CT molecular complexity index is 952. The van der Waals surface area contributed by atoms with Gasteiger partial charge in [-0.25, -0.2) is 10.9 Å². The van der Waals surface area contributed by atoms with Gasteiger partial charge in [0.2, 0.25) is 0 Å². The van der Waals surface area contributed by atoms with Gasteiger partial charge in [-0.15, -0.1) is 0 Å². The minimum atomic E-state index is 0.0412. The van der Waals surface area contributed by atoms with Crippen molar-refractivity contribution < 1.29 is 19.0 Å². The summed E-state index contributed by atoms with van der Waals surface area (Å²) in [6.07, 6.45) is 2.14. The third kappa shape index (κ3) is 5.63. The molecule has 0 bridgehead atoms. The molecule has 4 rings (SSSR count). The van der Waals surface area contributed by atoms with Gasteiger partial charge in [0.15, 0.2) is 11.5 Å². The third-order valence-electron chi connectivity index (χ3n) is 6.45. The lowest BCUT2D eigenvalue weighted by molar-refractivity contribution is 0.0756. The molecule has 0 aromatic heterocycles. The van der Waals surface area contributed by atoms with Gasteiger partial charge in [-0.05, 0) is 62.6 Å². The van der Waals surface area contributed by atoms with Crippen molar-refractivity contribution in [3.63, 3.8) is 0 Å². The van der Waals surface area contributed by atoms with Gasteiger partial charge in [0.05, 0.1) is 26.5 Å². The van der Waals surface area contributed by atoms with Crippen LogP contribution in [0.1, 0.15) is 48.7 Å². The molecule has 2 aliphatic rings. The van der Waals surface area contributed by atoms with E-state index in [4.69, 9.17) is 14.2 Å². The van der Waals surface area contributed by atoms with Gasteiger partial charge >= 0.3 is 0 Å². The van der Waals surface area contributed by atoms with Crippen LogP contribution in [-0.4, -0.2) is 68.4 Å². The van der Waals surface area contributed by atoms with E-state index in [-0.39, 0.29) is 18.1 Å². The molecule has 2 unspecified atom stereocenters. The van der Waals surface area contributed by atoms with Crippen LogP contribution in [0.4, 0.5) is 0 Å². The van der Waals surface area contributed by atoms with Gasteiger partial charge < -0.3 is 19.1 Å². The van der Waals surface area contributed by atoms with Crippen molar-refractivity contribution in [2.75, 3.05) is 46.5 Å². The van der Waals surface area contributed by atoms with Gasteiger partial charge in [0.1, 0.15) is 5.75 Å². The van der Waals surface area contributed by atoms with Crippen LogP contribution in [0.2, 0.25) is 0 Å². The van der Waals surface area contributed by atoms with E-state index in [0.717, 1.165) is 38.2 Å². The Hall–Kier alpha value is -2.81. The first-order valence-electron chi connectivity index (χ1n) is 12.2. The maximum absolute atomic E-state index is 13.3. The lowest BCUT2D eigenvalue weighted by Gasteiger charge is -2.27. The fourth-order valence-electron chi connectivity index (χ4n) is 4.65. The van der Waals surface area contributed by atoms with Crippen LogP contribution in [0.25, 0.3) is 0 Å². The summed E-state index contributed by atoms with van der Waals surface area (Å²) in [5, 5.41) is 0. The molecular weight excluding hydrogens is 432 g/mol. The van der Waals surface area contributed by atoms with E-state index in [1.165, 1.54) is 5.56 Å². The second-order valence-electron chi connectivity index (χ2n) is 8.58. The zero-order valence-corrected chi connectivity index (χ0v) is 20.4. The van der Waals surface area contributed by atoms with Crippen molar-refractivity contribution in [3.8, 4) is 17.2 Å². The predicted octanol–water partition coefficient (Wildman–Crippen LogP) is 3.21. The van der Waals surface area contributed by atoms with Crippen LogP contribution in [0.5, 0.6) is 17.2 Å². The summed E-state index contributed by atoms with van der Waals surface area (Å²) < 4.78 is 16.6. The quantitative estimate of drug-likeness (QED) is 0.616. The number of nitrogens with one attached hydrogen (secondary N) is 2. The molecular formula is C26H36N4O4. The Kier molecular flexibility index (Phi) is 8.26. The SMILES string of the molecule is CCOc1ccc(C(=O)N2CCCN(C3CC(c4ccc(OC)cc4)NN3)CC2)cc1OCC. The number of amides is 1. The number of nitrogens with zero attached hydrogens (tertiary/aromatic N) is 2. The Morgan fingerprint density at radius 1 is 0.941 bits per heavy atom. The fraction of sp³-hybridized carbons (Fsp3) is 0.500. The predicted molar refractivity (Wildman–Crippen MR) is 131 cm³/mol. The Morgan fingerprint density at radius 2 is 1.71 bits per heavy atom. The molecule has 1 amide bonds. The summed E-state index contributed by atoms with van der Waals surface area (Å²) in [6, 6.07) is 13.9. The smallest absolute Gasteiger partial charge is 0.254 e. The lowest BCUT2D eigenvalue weighted by atomic mass is 10.0. The number of carbonyl (C=O) groups excluding carboxylic acids is 1. The minimum Gasteiger partial charge on any atom is -0.497 e. The molecule has 2 aliphatic heterocycles. The standard InChI is InChI=1S/C26H36N4O4/c1-4-33-23-12-9-20(17-24(23)34-5-2)26(31)30-14-6-13-29(15-16-30)25-18-22(27-28-25)19-7-10-21(32-3)11-8-19/h7-12,17,22,25,27-28H,4-6,13-16,18H2,1-3H3. The topological polar surface area (TPSA) is 75.3 Å². The first-order valence-corrected chi connectivity index (χ1v) is 12.2. The van der Waals surface area contributed by atoms with Crippen LogP contribution in [0.15, 0.2) is 42.5 Å². The average molecular weight is 469 g/mol. The Morgan fingerprint density at radius 3 is 2.44 bits per heavy atom. The first kappa shape index (κ1) is 24.3. The molecule has 34 heavy (non-hydrogen) atoms. The van der Waals surface area contributed by atoms with Gasteiger partial charge in [0, 0.05) is 37.8 Å². The highest BCUT2D eigenvalue weighted by atomic mass is 16.5. The molecule has 0 spiro atoms. The first-order chi connectivity index (χ1) is 16.6. The number of carbonyl (C=O) groups is 1. The Balaban J connectivity index is 1.35. The monoisotopic (exact) mass is 468 g/mol. The normalized spacial score (nSPS) is 21.2. The molecule has 2 atom stereocenters. The molecule has 8 heteroatoms. The highest BCUT2D eigenvalue weighted by Gasteiger charge is 2.31. The number of benzene rings is 2. The number of ether oxygens (including phenoxy) is 3. The van der Waals surface area contributed by atoms with Crippen molar-refractivity contribution in [1.82, 2.24) is 20.7 Å². The highest BCUT2D eigenvalue weighted by Crippen LogP contribution is 2.30. The minimum absolute atomic E-state index is 0.0412. The van der Waals surface area contributed by atoms with Crippen LogP contribution >= 0.6 is 0 Å². The number of hydrogen-bond acceptors (Lipinski definition) is 7. The summed E-state index contributed by atoms with van der Waals surface area (Å²) in [6.45, 7) is 8.16. The zero-order valence-electron chi connectivity index (χ0n) is 20.4. The second kappa shape index (κ2) is 11.6. The molecule has 2 N–H and O–H groups in total. The van der Waals surface area contributed by atoms with E-state index in [0.29, 0.717) is 36.8 Å². The summed E-state index contributed by atoms with van der Waals surface area (Å²) >= 11 is 0.